The number of carbonyl (C=O) groups excluding carboxylic acids is 1. The van der Waals surface area contributed by atoms with E-state index in [1.165, 1.54) is 13.2 Å². The molecule has 12 nitrogen and oxygen atoms in total. The van der Waals surface area contributed by atoms with Crippen LogP contribution < -0.4 is 19.9 Å². The number of anilines is 4. The molecule has 0 atom stereocenters. The van der Waals surface area contributed by atoms with Gasteiger partial charge in [-0.2, -0.15) is 0 Å². The van der Waals surface area contributed by atoms with Gasteiger partial charge in [0.1, 0.15) is 17.1 Å². The molecule has 0 aliphatic rings. The predicted molar refractivity (Wildman–Crippen MR) is 167 cm³/mol. The zero-order chi connectivity index (χ0) is 30.7. The first kappa shape index (κ1) is 30.3. The summed E-state index contributed by atoms with van der Waals surface area (Å²) >= 11 is 0. The van der Waals surface area contributed by atoms with Crippen molar-refractivity contribution in [2.75, 3.05) is 63.5 Å². The molecule has 2 heterocycles. The van der Waals surface area contributed by atoms with E-state index in [1.54, 1.807) is 24.2 Å². The van der Waals surface area contributed by atoms with Gasteiger partial charge in [0, 0.05) is 74.9 Å². The Morgan fingerprint density at radius 2 is 1.83 bits per heavy atom. The number of ether oxygens (including phenoxy) is 1. The third-order valence-corrected chi connectivity index (χ3v) is 7.14. The van der Waals surface area contributed by atoms with Crippen LogP contribution in [0.25, 0.3) is 22.2 Å². The molecule has 4 rings (SSSR count). The fourth-order valence-corrected chi connectivity index (χ4v) is 4.78. The van der Waals surface area contributed by atoms with Crippen molar-refractivity contribution in [3.8, 4) is 17.0 Å². The fourth-order valence-electron chi connectivity index (χ4n) is 4.78. The average Bonchev–Trinajstić information content (AvgIpc) is 3.30. The summed E-state index contributed by atoms with van der Waals surface area (Å²) in [7, 11) is 10.9. The van der Waals surface area contributed by atoms with Crippen molar-refractivity contribution in [3.63, 3.8) is 0 Å². The minimum atomic E-state index is -0.413. The predicted octanol–water partition coefficient (Wildman–Crippen LogP) is 4.91. The Labute approximate surface area is 245 Å². The lowest BCUT2D eigenvalue weighted by molar-refractivity contribution is -0.384. The highest BCUT2D eigenvalue weighted by molar-refractivity contribution is 6.02. The smallest absolute Gasteiger partial charge is 0.294 e. The van der Waals surface area contributed by atoms with Crippen molar-refractivity contribution in [1.29, 1.82) is 0 Å². The number of amides is 1. The Bertz CT molecular complexity index is 1610. The van der Waals surface area contributed by atoms with E-state index in [0.29, 0.717) is 35.1 Å². The largest absolute Gasteiger partial charge is 0.494 e. The van der Waals surface area contributed by atoms with Crippen molar-refractivity contribution in [1.82, 2.24) is 19.4 Å². The molecule has 0 unspecified atom stereocenters. The summed E-state index contributed by atoms with van der Waals surface area (Å²) in [5, 5.41) is 16.2. The molecule has 4 aromatic rings. The lowest BCUT2D eigenvalue weighted by Gasteiger charge is -2.23. The molecule has 1 amide bonds. The number of benzene rings is 2. The molecule has 1 N–H and O–H groups in total. The third-order valence-electron chi connectivity index (χ3n) is 7.14. The van der Waals surface area contributed by atoms with Crippen molar-refractivity contribution < 1.29 is 14.5 Å². The quantitative estimate of drug-likeness (QED) is 0.197. The zero-order valence-electron chi connectivity index (χ0n) is 25.4. The minimum absolute atomic E-state index is 0.0762. The van der Waals surface area contributed by atoms with Crippen molar-refractivity contribution in [2.24, 2.45) is 13.0 Å². The normalized spacial score (nSPS) is 11.3. The van der Waals surface area contributed by atoms with Gasteiger partial charge in [0.05, 0.1) is 29.6 Å². The van der Waals surface area contributed by atoms with Gasteiger partial charge in [0.2, 0.25) is 11.9 Å². The summed E-state index contributed by atoms with van der Waals surface area (Å²) < 4.78 is 7.64. The molecule has 0 fully saturated rings. The zero-order valence-corrected chi connectivity index (χ0v) is 25.4. The Morgan fingerprint density at radius 3 is 2.48 bits per heavy atom. The van der Waals surface area contributed by atoms with Gasteiger partial charge in [0.15, 0.2) is 0 Å². The van der Waals surface area contributed by atoms with Crippen LogP contribution in [0, 0.1) is 16.0 Å². The van der Waals surface area contributed by atoms with E-state index >= 15 is 0 Å². The molecule has 0 saturated carbocycles. The van der Waals surface area contributed by atoms with E-state index in [0.717, 1.165) is 23.0 Å². The van der Waals surface area contributed by atoms with Gasteiger partial charge in [-0.15, -0.1) is 0 Å². The second-order valence-corrected chi connectivity index (χ2v) is 10.8. The first-order valence-electron chi connectivity index (χ1n) is 13.6. The SMILES string of the molecule is COc1cc(N(C)CCN(C)C)c([N+](=O)[O-])cc1Nc1ncc(N(C)C(=O)C(C)C)c(-c2cn(C)c3ccccc23)n1. The van der Waals surface area contributed by atoms with Gasteiger partial charge in [-0.05, 0) is 20.2 Å². The number of aryl methyl sites for hydroxylation is 1. The molecule has 12 heteroatoms. The van der Waals surface area contributed by atoms with Crippen LogP contribution in [-0.2, 0) is 11.8 Å². The number of nitrogens with zero attached hydrogens (tertiary/aromatic N) is 7. The molecule has 42 heavy (non-hydrogen) atoms. The fraction of sp³-hybridized carbons (Fsp3) is 0.367. The molecule has 0 radical (unpaired) electrons. The van der Waals surface area contributed by atoms with E-state index in [2.05, 4.69) is 10.3 Å². The number of nitrogens with one attached hydrogen (secondary N) is 1. The maximum Gasteiger partial charge on any atom is 0.294 e. The number of rotatable bonds is 11. The molecule has 222 valence electrons. The van der Waals surface area contributed by atoms with Crippen LogP contribution in [-0.4, -0.2) is 78.7 Å². The Kier molecular flexibility index (Phi) is 8.96. The Morgan fingerprint density at radius 1 is 1.12 bits per heavy atom. The molecule has 2 aromatic carbocycles. The van der Waals surface area contributed by atoms with E-state index < -0.39 is 4.92 Å². The van der Waals surface area contributed by atoms with Gasteiger partial charge >= 0.3 is 0 Å². The van der Waals surface area contributed by atoms with E-state index in [4.69, 9.17) is 9.72 Å². The van der Waals surface area contributed by atoms with Crippen LogP contribution in [0.1, 0.15) is 13.8 Å². The molecular weight excluding hydrogens is 536 g/mol. The number of carbonyl (C=O) groups is 1. The van der Waals surface area contributed by atoms with Crippen LogP contribution in [0.2, 0.25) is 0 Å². The second kappa shape index (κ2) is 12.4. The molecule has 0 saturated heterocycles. The molecule has 0 spiro atoms. The second-order valence-electron chi connectivity index (χ2n) is 10.8. The van der Waals surface area contributed by atoms with Gasteiger partial charge in [-0.25, -0.2) is 9.97 Å². The maximum atomic E-state index is 13.0. The highest BCUT2D eigenvalue weighted by Gasteiger charge is 2.25. The van der Waals surface area contributed by atoms with Crippen LogP contribution in [0.5, 0.6) is 5.75 Å². The lowest BCUT2D eigenvalue weighted by Crippen LogP contribution is -2.31. The maximum absolute atomic E-state index is 13.0. The number of fused-ring (bicyclic) bond motifs is 1. The van der Waals surface area contributed by atoms with E-state index in [-0.39, 0.29) is 23.5 Å². The number of nitro groups is 1. The number of hydrogen-bond donors (Lipinski definition) is 1. The highest BCUT2D eigenvalue weighted by Crippen LogP contribution is 2.40. The van der Waals surface area contributed by atoms with Gasteiger partial charge in [-0.3, -0.25) is 14.9 Å². The summed E-state index contributed by atoms with van der Waals surface area (Å²) in [6.45, 7) is 4.99. The topological polar surface area (TPSA) is 122 Å². The molecule has 0 aliphatic carbocycles. The van der Waals surface area contributed by atoms with Crippen molar-refractivity contribution in [2.45, 2.75) is 13.8 Å². The van der Waals surface area contributed by atoms with Gasteiger partial charge in [0.25, 0.3) is 5.69 Å². The first-order chi connectivity index (χ1) is 19.9. The summed E-state index contributed by atoms with van der Waals surface area (Å²) in [4.78, 5) is 39.4. The standard InChI is InChI=1S/C30H38N8O4/c1-19(2)29(39)37(7)26-17-31-30(33-28(26)21-18-36(6)23-12-10-9-11-20(21)23)32-22-15-25(38(40)41)24(16-27(22)42-8)35(5)14-13-34(3)4/h9-12,15-19H,13-14H2,1-8H3,(H,31,32,33). The van der Waals surface area contributed by atoms with Crippen LogP contribution in [0.4, 0.5) is 28.7 Å². The van der Waals surface area contributed by atoms with Crippen molar-refractivity contribution in [3.05, 3.63) is 58.9 Å². The lowest BCUT2D eigenvalue weighted by atomic mass is 10.1. The highest BCUT2D eigenvalue weighted by atomic mass is 16.6. The van der Waals surface area contributed by atoms with Crippen molar-refractivity contribution >= 4 is 45.5 Å². The van der Waals surface area contributed by atoms with E-state index in [1.807, 2.05) is 86.9 Å². The minimum Gasteiger partial charge on any atom is -0.494 e. The Hall–Kier alpha value is -4.71. The third kappa shape index (κ3) is 6.13. The average molecular weight is 575 g/mol. The molecule has 0 aliphatic heterocycles. The number of hydrogen-bond acceptors (Lipinski definition) is 9. The van der Waals surface area contributed by atoms with Crippen LogP contribution >= 0.6 is 0 Å². The number of para-hydroxylation sites is 1. The number of aromatic nitrogens is 3. The number of nitro benzene ring substituents is 1. The Balaban J connectivity index is 1.83. The first-order valence-corrected chi connectivity index (χ1v) is 13.6. The summed E-state index contributed by atoms with van der Waals surface area (Å²) in [5.74, 6) is 0.298. The van der Waals surface area contributed by atoms with Crippen LogP contribution in [0.3, 0.4) is 0 Å². The monoisotopic (exact) mass is 574 g/mol. The molecule has 2 aromatic heterocycles. The van der Waals surface area contributed by atoms with Gasteiger partial charge < -0.3 is 29.3 Å². The summed E-state index contributed by atoms with van der Waals surface area (Å²) in [6.07, 6.45) is 3.56. The van der Waals surface area contributed by atoms with Gasteiger partial charge in [-0.1, -0.05) is 32.0 Å². The molecular formula is C30H38N8O4. The summed E-state index contributed by atoms with van der Waals surface area (Å²) in [5.41, 5.74) is 3.64. The number of methoxy groups -OCH3 is 1. The molecule has 0 bridgehead atoms. The summed E-state index contributed by atoms with van der Waals surface area (Å²) in [6, 6.07) is 11.0. The van der Waals surface area contributed by atoms with E-state index in [9.17, 15) is 14.9 Å². The van der Waals surface area contributed by atoms with Crippen LogP contribution in [0.15, 0.2) is 48.8 Å². The number of likely N-dealkylation sites (N-methyl/N-ethyl adjacent to an activating group) is 2.